The fourth-order valence-electron chi connectivity index (χ4n) is 1.70. The molecule has 0 spiro atoms. The van der Waals surface area contributed by atoms with Gasteiger partial charge in [-0.15, -0.1) is 0 Å². The second-order valence-electron chi connectivity index (χ2n) is 4.61. The molecule has 0 saturated carbocycles. The summed E-state index contributed by atoms with van der Waals surface area (Å²) in [5.74, 6) is -1.19. The van der Waals surface area contributed by atoms with Gasteiger partial charge in [0.2, 0.25) is 5.91 Å². The Morgan fingerprint density at radius 1 is 1.14 bits per heavy atom. The molecule has 0 aliphatic carbocycles. The van der Waals surface area contributed by atoms with Crippen molar-refractivity contribution < 1.29 is 19.5 Å². The topological polar surface area (TPSA) is 83.5 Å². The van der Waals surface area contributed by atoms with Crippen LogP contribution in [-0.2, 0) is 9.59 Å². The molecule has 112 valence electrons. The number of carboxylic acids is 1. The Bertz CT molecular complexity index is 532. The van der Waals surface area contributed by atoms with E-state index in [2.05, 4.69) is 5.32 Å². The number of hydrogen-bond donors (Lipinski definition) is 2. The Morgan fingerprint density at radius 3 is 2.38 bits per heavy atom. The molecule has 1 rings (SSSR count). The molecule has 0 aliphatic heterocycles. The van der Waals surface area contributed by atoms with E-state index in [-0.39, 0.29) is 24.5 Å². The quantitative estimate of drug-likeness (QED) is 0.568. The zero-order valence-electron chi connectivity index (χ0n) is 12.0. The van der Waals surface area contributed by atoms with Crippen LogP contribution in [0.25, 0.3) is 6.08 Å². The summed E-state index contributed by atoms with van der Waals surface area (Å²) < 4.78 is 0. The van der Waals surface area contributed by atoms with Gasteiger partial charge in [-0.25, -0.2) is 0 Å². The number of aliphatic carboxylic acids is 1. The summed E-state index contributed by atoms with van der Waals surface area (Å²) in [5, 5.41) is 11.2. The van der Waals surface area contributed by atoms with Crippen molar-refractivity contribution in [1.82, 2.24) is 5.32 Å². The van der Waals surface area contributed by atoms with Crippen LogP contribution in [0.15, 0.2) is 30.3 Å². The van der Waals surface area contributed by atoms with E-state index in [0.29, 0.717) is 12.1 Å². The highest BCUT2D eigenvalue weighted by molar-refractivity contribution is 5.97. The summed E-state index contributed by atoms with van der Waals surface area (Å²) in [7, 11) is 0. The summed E-state index contributed by atoms with van der Waals surface area (Å²) in [6, 6.07) is 7.00. The van der Waals surface area contributed by atoms with Gasteiger partial charge in [-0.2, -0.15) is 0 Å². The summed E-state index contributed by atoms with van der Waals surface area (Å²) in [6.45, 7) is 2.07. The summed E-state index contributed by atoms with van der Waals surface area (Å²) in [4.78, 5) is 32.8. The maximum absolute atomic E-state index is 11.7. The first-order valence-corrected chi connectivity index (χ1v) is 6.75. The monoisotopic (exact) mass is 289 g/mol. The average Bonchev–Trinajstić information content (AvgIpc) is 2.44. The van der Waals surface area contributed by atoms with Crippen molar-refractivity contribution in [3.63, 3.8) is 0 Å². The number of Topliss-reactive ketones (excluding diaryl/α,β-unsaturated/α-hetero) is 1. The van der Waals surface area contributed by atoms with Crippen molar-refractivity contribution in [1.29, 1.82) is 0 Å². The Morgan fingerprint density at radius 2 is 1.81 bits per heavy atom. The van der Waals surface area contributed by atoms with Crippen LogP contribution in [0.5, 0.6) is 0 Å². The highest BCUT2D eigenvalue weighted by Gasteiger charge is 2.07. The van der Waals surface area contributed by atoms with E-state index >= 15 is 0 Å². The molecule has 0 unspecified atom stereocenters. The molecule has 0 aromatic heterocycles. The predicted octanol–water partition coefficient (Wildman–Crippen LogP) is 2.27. The molecule has 1 aromatic carbocycles. The lowest BCUT2D eigenvalue weighted by atomic mass is 10.0. The van der Waals surface area contributed by atoms with Gasteiger partial charge in [0.25, 0.3) is 0 Å². The van der Waals surface area contributed by atoms with E-state index in [1.54, 1.807) is 12.1 Å². The van der Waals surface area contributed by atoms with Crippen LogP contribution >= 0.6 is 0 Å². The molecule has 0 heterocycles. The third kappa shape index (κ3) is 7.06. The molecular formula is C16H19NO4. The van der Waals surface area contributed by atoms with E-state index in [1.807, 2.05) is 24.3 Å². The van der Waals surface area contributed by atoms with E-state index in [4.69, 9.17) is 5.11 Å². The number of carboxylic acid groups (broad SMARTS) is 1. The van der Waals surface area contributed by atoms with Crippen LogP contribution in [0.3, 0.4) is 0 Å². The third-order valence-electron chi connectivity index (χ3n) is 2.79. The van der Waals surface area contributed by atoms with Gasteiger partial charge >= 0.3 is 5.97 Å². The van der Waals surface area contributed by atoms with Crippen LogP contribution < -0.4 is 5.32 Å². The lowest BCUT2D eigenvalue weighted by Crippen LogP contribution is -2.20. The number of rotatable bonds is 8. The molecule has 0 saturated heterocycles. The van der Waals surface area contributed by atoms with Gasteiger partial charge in [0.1, 0.15) is 0 Å². The number of carbonyl (C=O) groups is 3. The highest BCUT2D eigenvalue weighted by atomic mass is 16.4. The minimum Gasteiger partial charge on any atom is -0.481 e. The van der Waals surface area contributed by atoms with Crippen molar-refractivity contribution in [2.75, 3.05) is 6.54 Å². The number of nitrogens with one attached hydrogen (secondary N) is 1. The third-order valence-corrected chi connectivity index (χ3v) is 2.79. The predicted molar refractivity (Wildman–Crippen MR) is 80.0 cm³/mol. The molecule has 5 heteroatoms. The second kappa shape index (κ2) is 8.68. The average molecular weight is 289 g/mol. The number of ketones is 1. The van der Waals surface area contributed by atoms with Gasteiger partial charge in [0, 0.05) is 25.5 Å². The Hall–Kier alpha value is -2.43. The SMILES string of the molecule is CC(=O)NCCC=Cc1ccc(C(=O)CCC(=O)O)cc1. The minimum absolute atomic E-state index is 0.0151. The maximum atomic E-state index is 11.7. The number of carbonyl (C=O) groups excluding carboxylic acids is 2. The normalized spacial score (nSPS) is 10.5. The first kappa shape index (κ1) is 16.6. The van der Waals surface area contributed by atoms with E-state index in [0.717, 1.165) is 12.0 Å². The van der Waals surface area contributed by atoms with Crippen LogP contribution in [0.2, 0.25) is 0 Å². The lowest BCUT2D eigenvalue weighted by Gasteiger charge is -2.00. The fourth-order valence-corrected chi connectivity index (χ4v) is 1.70. The first-order valence-electron chi connectivity index (χ1n) is 6.75. The van der Waals surface area contributed by atoms with Crippen LogP contribution in [0.1, 0.15) is 42.1 Å². The van der Waals surface area contributed by atoms with Crippen LogP contribution in [0.4, 0.5) is 0 Å². The van der Waals surface area contributed by atoms with Crippen molar-refractivity contribution in [3.8, 4) is 0 Å². The number of amides is 1. The summed E-state index contributed by atoms with van der Waals surface area (Å²) >= 11 is 0. The Labute approximate surface area is 123 Å². The van der Waals surface area contributed by atoms with Crippen LogP contribution in [-0.4, -0.2) is 29.3 Å². The van der Waals surface area contributed by atoms with Crippen LogP contribution in [0, 0.1) is 0 Å². The highest BCUT2D eigenvalue weighted by Crippen LogP contribution is 2.10. The zero-order valence-corrected chi connectivity index (χ0v) is 12.0. The maximum Gasteiger partial charge on any atom is 0.303 e. The molecule has 0 radical (unpaired) electrons. The molecule has 1 amide bonds. The molecule has 0 aliphatic rings. The van der Waals surface area contributed by atoms with Gasteiger partial charge in [0.15, 0.2) is 5.78 Å². The second-order valence-corrected chi connectivity index (χ2v) is 4.61. The van der Waals surface area contributed by atoms with E-state index < -0.39 is 5.97 Å². The zero-order chi connectivity index (χ0) is 15.7. The molecule has 5 nitrogen and oxygen atoms in total. The van der Waals surface area contributed by atoms with Gasteiger partial charge in [-0.05, 0) is 12.0 Å². The summed E-state index contributed by atoms with van der Waals surface area (Å²) in [5.41, 5.74) is 1.47. The lowest BCUT2D eigenvalue weighted by molar-refractivity contribution is -0.137. The van der Waals surface area contributed by atoms with Gasteiger partial charge in [-0.3, -0.25) is 14.4 Å². The molecule has 21 heavy (non-hydrogen) atoms. The van der Waals surface area contributed by atoms with Gasteiger partial charge in [0.05, 0.1) is 6.42 Å². The Balaban J connectivity index is 2.46. The van der Waals surface area contributed by atoms with Crippen molar-refractivity contribution in [3.05, 3.63) is 41.5 Å². The molecule has 0 bridgehead atoms. The summed E-state index contributed by atoms with van der Waals surface area (Å²) in [6.07, 6.45) is 4.45. The van der Waals surface area contributed by atoms with E-state index in [1.165, 1.54) is 6.92 Å². The number of hydrogen-bond acceptors (Lipinski definition) is 3. The smallest absolute Gasteiger partial charge is 0.303 e. The van der Waals surface area contributed by atoms with Crippen molar-refractivity contribution >= 4 is 23.7 Å². The fraction of sp³-hybridized carbons (Fsp3) is 0.312. The first-order chi connectivity index (χ1) is 9.99. The Kier molecular flexibility index (Phi) is 6.87. The largest absolute Gasteiger partial charge is 0.481 e. The molecule has 1 aromatic rings. The van der Waals surface area contributed by atoms with E-state index in [9.17, 15) is 14.4 Å². The van der Waals surface area contributed by atoms with Gasteiger partial charge in [-0.1, -0.05) is 36.4 Å². The van der Waals surface area contributed by atoms with Crippen molar-refractivity contribution in [2.24, 2.45) is 0 Å². The molecule has 0 atom stereocenters. The van der Waals surface area contributed by atoms with Crippen molar-refractivity contribution in [2.45, 2.75) is 26.2 Å². The minimum atomic E-state index is -0.970. The van der Waals surface area contributed by atoms with Gasteiger partial charge < -0.3 is 10.4 Å². The standard InChI is InChI=1S/C16H19NO4/c1-12(18)17-11-3-2-4-13-5-7-14(8-6-13)15(19)9-10-16(20)21/h2,4-8H,3,9-11H2,1H3,(H,17,18)(H,20,21). The molecular weight excluding hydrogens is 270 g/mol. The number of benzene rings is 1. The molecule has 2 N–H and O–H groups in total. The molecule has 0 fully saturated rings.